The molecule has 0 atom stereocenters. The van der Waals surface area contributed by atoms with Gasteiger partial charge in [0, 0.05) is 30.1 Å². The molecule has 2 N–H and O–H groups in total. The van der Waals surface area contributed by atoms with Crippen LogP contribution in [0.1, 0.15) is 15.9 Å². The molecule has 1 aromatic heterocycles. The van der Waals surface area contributed by atoms with Gasteiger partial charge >= 0.3 is 0 Å². The van der Waals surface area contributed by atoms with E-state index in [1.807, 2.05) is 48.5 Å². The number of aromatic nitrogens is 1. The molecule has 0 fully saturated rings. The third kappa shape index (κ3) is 4.17. The van der Waals surface area contributed by atoms with Gasteiger partial charge in [0.05, 0.1) is 0 Å². The van der Waals surface area contributed by atoms with Crippen LogP contribution in [0.3, 0.4) is 0 Å². The zero-order valence-electron chi connectivity index (χ0n) is 14.6. The number of hydrogen-bond acceptors (Lipinski definition) is 5. The molecular formula is C21H19N3O3. The van der Waals surface area contributed by atoms with Gasteiger partial charge in [-0.15, -0.1) is 0 Å². The molecule has 136 valence electrons. The highest BCUT2D eigenvalue weighted by Crippen LogP contribution is 2.34. The molecule has 0 unspecified atom stereocenters. The number of hydrogen-bond donors (Lipinski definition) is 2. The summed E-state index contributed by atoms with van der Waals surface area (Å²) in [7, 11) is 0. The fourth-order valence-electron chi connectivity index (χ4n) is 2.83. The van der Waals surface area contributed by atoms with Gasteiger partial charge in [0.1, 0.15) is 5.82 Å². The van der Waals surface area contributed by atoms with Gasteiger partial charge in [0.25, 0.3) is 5.91 Å². The Morgan fingerprint density at radius 2 is 1.85 bits per heavy atom. The van der Waals surface area contributed by atoms with Gasteiger partial charge in [0.15, 0.2) is 11.5 Å². The number of rotatable bonds is 6. The van der Waals surface area contributed by atoms with E-state index in [2.05, 4.69) is 15.6 Å². The first-order valence-corrected chi connectivity index (χ1v) is 8.73. The van der Waals surface area contributed by atoms with Crippen LogP contribution in [0.4, 0.5) is 11.5 Å². The molecule has 1 aliphatic rings. The van der Waals surface area contributed by atoms with Crippen molar-refractivity contribution in [2.24, 2.45) is 0 Å². The van der Waals surface area contributed by atoms with Crippen LogP contribution in [0.25, 0.3) is 0 Å². The zero-order valence-corrected chi connectivity index (χ0v) is 14.6. The molecular weight excluding hydrogens is 342 g/mol. The van der Waals surface area contributed by atoms with Gasteiger partial charge in [-0.3, -0.25) is 4.79 Å². The average molecular weight is 361 g/mol. The third-order valence-corrected chi connectivity index (χ3v) is 4.21. The lowest BCUT2D eigenvalue weighted by molar-refractivity contribution is 0.0954. The maximum atomic E-state index is 12.4. The molecule has 2 aromatic carbocycles. The maximum Gasteiger partial charge on any atom is 0.251 e. The van der Waals surface area contributed by atoms with Gasteiger partial charge in [-0.2, -0.15) is 0 Å². The summed E-state index contributed by atoms with van der Waals surface area (Å²) in [5.41, 5.74) is 2.56. The minimum atomic E-state index is -0.123. The Labute approximate surface area is 157 Å². The van der Waals surface area contributed by atoms with Crippen LogP contribution in [0, 0.1) is 0 Å². The molecule has 6 nitrogen and oxygen atoms in total. The van der Waals surface area contributed by atoms with Crippen LogP contribution in [-0.4, -0.2) is 24.2 Å². The molecule has 2 heterocycles. The minimum absolute atomic E-state index is 0.123. The molecule has 1 aliphatic heterocycles. The summed E-state index contributed by atoms with van der Waals surface area (Å²) in [6, 6.07) is 19.0. The Morgan fingerprint density at radius 1 is 1.00 bits per heavy atom. The number of benzene rings is 2. The number of nitrogens with zero attached hydrogens (tertiary/aromatic N) is 1. The average Bonchev–Trinajstić information content (AvgIpc) is 3.17. The van der Waals surface area contributed by atoms with E-state index in [0.717, 1.165) is 17.9 Å². The number of carbonyl (C=O) groups is 1. The van der Waals surface area contributed by atoms with Crippen molar-refractivity contribution in [3.8, 4) is 11.5 Å². The fourth-order valence-corrected chi connectivity index (χ4v) is 2.83. The molecule has 0 bridgehead atoms. The van der Waals surface area contributed by atoms with Crippen LogP contribution in [-0.2, 0) is 6.42 Å². The third-order valence-electron chi connectivity index (χ3n) is 4.21. The Kier molecular flexibility index (Phi) is 4.87. The summed E-state index contributed by atoms with van der Waals surface area (Å²) in [6.45, 7) is 0.811. The lowest BCUT2D eigenvalue weighted by atomic mass is 10.1. The Balaban J connectivity index is 1.37. The summed E-state index contributed by atoms with van der Waals surface area (Å²) in [4.78, 5) is 16.7. The molecule has 0 aliphatic carbocycles. The van der Waals surface area contributed by atoms with Crippen molar-refractivity contribution < 1.29 is 14.3 Å². The zero-order chi connectivity index (χ0) is 18.5. The van der Waals surface area contributed by atoms with E-state index in [0.29, 0.717) is 23.7 Å². The van der Waals surface area contributed by atoms with Crippen LogP contribution in [0.5, 0.6) is 11.5 Å². The highest BCUT2D eigenvalue weighted by molar-refractivity contribution is 5.94. The van der Waals surface area contributed by atoms with E-state index in [1.165, 1.54) is 5.56 Å². The Morgan fingerprint density at radius 3 is 2.74 bits per heavy atom. The first kappa shape index (κ1) is 16.9. The number of fused-ring (bicyclic) bond motifs is 1. The molecule has 0 saturated heterocycles. The minimum Gasteiger partial charge on any atom is -0.454 e. The highest BCUT2D eigenvalue weighted by Gasteiger charge is 2.13. The van der Waals surface area contributed by atoms with E-state index < -0.39 is 0 Å². The summed E-state index contributed by atoms with van der Waals surface area (Å²) in [5.74, 6) is 1.88. The van der Waals surface area contributed by atoms with Gasteiger partial charge in [0.2, 0.25) is 6.79 Å². The molecule has 3 aromatic rings. The van der Waals surface area contributed by atoms with E-state index in [9.17, 15) is 4.79 Å². The van der Waals surface area contributed by atoms with Crippen LogP contribution in [0.2, 0.25) is 0 Å². The van der Waals surface area contributed by atoms with Crippen molar-refractivity contribution in [1.82, 2.24) is 10.3 Å². The number of anilines is 2. The molecule has 27 heavy (non-hydrogen) atoms. The largest absolute Gasteiger partial charge is 0.454 e. The van der Waals surface area contributed by atoms with Gasteiger partial charge in [-0.1, -0.05) is 30.3 Å². The van der Waals surface area contributed by atoms with E-state index in [4.69, 9.17) is 9.47 Å². The number of pyridine rings is 1. The van der Waals surface area contributed by atoms with Gasteiger partial charge in [-0.25, -0.2) is 4.98 Å². The van der Waals surface area contributed by atoms with Crippen molar-refractivity contribution in [3.63, 3.8) is 0 Å². The monoisotopic (exact) mass is 361 g/mol. The quantitative estimate of drug-likeness (QED) is 0.703. The summed E-state index contributed by atoms with van der Waals surface area (Å²) >= 11 is 0. The Bertz CT molecular complexity index is 944. The second kappa shape index (κ2) is 7.78. The first-order valence-electron chi connectivity index (χ1n) is 8.73. The summed E-state index contributed by atoms with van der Waals surface area (Å²) in [5, 5.41) is 6.13. The molecule has 0 spiro atoms. The van der Waals surface area contributed by atoms with E-state index in [1.54, 1.807) is 18.3 Å². The smallest absolute Gasteiger partial charge is 0.251 e. The first-order chi connectivity index (χ1) is 13.3. The van der Waals surface area contributed by atoms with Crippen molar-refractivity contribution in [2.75, 3.05) is 18.7 Å². The predicted molar refractivity (Wildman–Crippen MR) is 103 cm³/mol. The lowest BCUT2D eigenvalue weighted by Crippen LogP contribution is -2.25. The van der Waals surface area contributed by atoms with Crippen molar-refractivity contribution in [3.05, 3.63) is 78.0 Å². The SMILES string of the molecule is O=C(NCCc1ccccc1)c1ccnc(Nc2ccc3c(c2)OCO3)c1. The number of amides is 1. The van der Waals surface area contributed by atoms with E-state index >= 15 is 0 Å². The predicted octanol–water partition coefficient (Wildman–Crippen LogP) is 3.53. The normalized spacial score (nSPS) is 11.9. The van der Waals surface area contributed by atoms with E-state index in [-0.39, 0.29) is 12.7 Å². The van der Waals surface area contributed by atoms with Crippen LogP contribution < -0.4 is 20.1 Å². The number of nitrogens with one attached hydrogen (secondary N) is 2. The fraction of sp³-hybridized carbons (Fsp3) is 0.143. The summed E-state index contributed by atoms with van der Waals surface area (Å²) < 4.78 is 10.7. The molecule has 4 rings (SSSR count). The van der Waals surface area contributed by atoms with Crippen LogP contribution in [0.15, 0.2) is 66.9 Å². The standard InChI is InChI=1S/C21H19N3O3/c25-21(23-10-8-15-4-2-1-3-5-15)16-9-11-22-20(12-16)24-17-6-7-18-19(13-17)27-14-26-18/h1-7,9,11-13H,8,10,14H2,(H,22,24)(H,23,25). The molecule has 1 amide bonds. The topological polar surface area (TPSA) is 72.5 Å². The van der Waals surface area contributed by atoms with Crippen molar-refractivity contribution >= 4 is 17.4 Å². The molecule has 6 heteroatoms. The second-order valence-electron chi connectivity index (χ2n) is 6.11. The maximum absolute atomic E-state index is 12.4. The number of ether oxygens (including phenoxy) is 2. The van der Waals surface area contributed by atoms with Gasteiger partial charge in [-0.05, 0) is 36.2 Å². The lowest BCUT2D eigenvalue weighted by Gasteiger charge is -2.09. The number of carbonyl (C=O) groups excluding carboxylic acids is 1. The molecule has 0 saturated carbocycles. The van der Waals surface area contributed by atoms with Gasteiger partial charge < -0.3 is 20.1 Å². The highest BCUT2D eigenvalue weighted by atomic mass is 16.7. The van der Waals surface area contributed by atoms with Crippen molar-refractivity contribution in [2.45, 2.75) is 6.42 Å². The van der Waals surface area contributed by atoms with Crippen LogP contribution >= 0.6 is 0 Å². The van der Waals surface area contributed by atoms with Crippen molar-refractivity contribution in [1.29, 1.82) is 0 Å². The molecule has 0 radical (unpaired) electrons. The summed E-state index contributed by atoms with van der Waals surface area (Å²) in [6.07, 6.45) is 2.40. The Hall–Kier alpha value is -3.54. The second-order valence-corrected chi connectivity index (χ2v) is 6.11.